The second-order valence-electron chi connectivity index (χ2n) is 36.0. The number of carbonyl (C=O) groups excluding carboxylic acids is 9. The summed E-state index contributed by atoms with van der Waals surface area (Å²) in [7, 11) is 0. The van der Waals surface area contributed by atoms with E-state index >= 15 is 24.0 Å². The first kappa shape index (κ1) is 102. The SMILES string of the molecule is CCCCCCNC(=O)[C@H]1O[C@@H](Oc2c3cc4cc2Oc2ccc(cc2Cl)[C@@H](O[C@@H]2O[C@H](CO)[C@@H](O)[C@H](O)[C@H]2NC(C)=O)[C@@H]2NC(=O)[C@H](NC(=O)[C@@H]4NC(=O)[C@H]4NC(=O)[C@@H](Cc5ccc(c(Cl)c5)O3)NC(=O)[C@H](N)c3ccc(O)c(c3)Oc3cc(O)cc4c3)c3ccc4c(c3)-c3c(cc(O)cc3C4(O)O[C@H]3O[C@H](CO)[C@@H](O)[C@H](O)[C@@H]3O)[C@@H](C(=O)O)NC2=O)[C@H](NC(=O)CCCCCCC(C)C)[C@@H](O)[C@@H]1O. The van der Waals surface area contributed by atoms with E-state index < -0.39 is 320 Å². The van der Waals surface area contributed by atoms with Crippen molar-refractivity contribution in [2.24, 2.45) is 11.7 Å². The normalized spacial score (nSPS) is 29.2. The van der Waals surface area contributed by atoms with E-state index in [4.69, 9.17) is 71.6 Å². The number of nitrogens with two attached hydrogens (primary N) is 1. The smallest absolute Gasteiger partial charge is 0.330 e. The molecule has 7 aromatic carbocycles. The molecule has 3 fully saturated rings. The van der Waals surface area contributed by atoms with Crippen molar-refractivity contribution < 1.29 is 162 Å². The van der Waals surface area contributed by atoms with Gasteiger partial charge in [-0.05, 0) is 148 Å². The van der Waals surface area contributed by atoms with E-state index in [1.165, 1.54) is 30.3 Å². The summed E-state index contributed by atoms with van der Waals surface area (Å²) >= 11 is 14.9. The number of amides is 9. The highest BCUT2D eigenvalue weighted by atomic mass is 35.5. The van der Waals surface area contributed by atoms with Gasteiger partial charge in [0, 0.05) is 43.5 Å². The average molecular weight is 1990 g/mol. The second kappa shape index (κ2) is 43.1. The maximum Gasteiger partial charge on any atom is 0.330 e. The largest absolute Gasteiger partial charge is 0.508 e. The predicted molar refractivity (Wildman–Crippen MR) is 485 cm³/mol. The van der Waals surface area contributed by atoms with Crippen molar-refractivity contribution in [3.05, 3.63) is 175 Å². The number of carboxylic acids is 1. The second-order valence-corrected chi connectivity index (χ2v) is 36.8. The maximum atomic E-state index is 17.2. The zero-order valence-corrected chi connectivity index (χ0v) is 77.1. The van der Waals surface area contributed by atoms with Crippen molar-refractivity contribution in [1.29, 1.82) is 0 Å². The summed E-state index contributed by atoms with van der Waals surface area (Å²) in [5.74, 6) is -21.6. The van der Waals surface area contributed by atoms with Gasteiger partial charge < -0.3 is 168 Å². The lowest BCUT2D eigenvalue weighted by Crippen LogP contribution is -2.67. The van der Waals surface area contributed by atoms with Crippen LogP contribution in [0.3, 0.4) is 0 Å². The number of phenolic OH excluding ortho intramolecular Hbond substituents is 3. The third kappa shape index (κ3) is 21.6. The Balaban J connectivity index is 0.993. The predicted octanol–water partition coefficient (Wildman–Crippen LogP) is 2.16. The summed E-state index contributed by atoms with van der Waals surface area (Å²) in [6, 6.07) is 1.24. The number of halogens is 2. The highest BCUT2D eigenvalue weighted by Gasteiger charge is 2.56. The van der Waals surface area contributed by atoms with Crippen molar-refractivity contribution in [2.45, 2.75) is 245 Å². The molecule has 10 aliphatic rings. The zero-order valence-electron chi connectivity index (χ0n) is 75.6. The molecule has 3 saturated heterocycles. The molecule has 25 N–H and O–H groups in total. The van der Waals surface area contributed by atoms with Gasteiger partial charge in [-0.25, -0.2) is 4.79 Å². The molecule has 17 rings (SSSR count). The fourth-order valence-corrected chi connectivity index (χ4v) is 18.6. The molecule has 17 bridgehead atoms. The molecule has 24 atom stereocenters. The number of aromatic hydroxyl groups is 3. The van der Waals surface area contributed by atoms with E-state index in [-0.39, 0.29) is 46.4 Å². The molecule has 43 nitrogen and oxygen atoms in total. The quantitative estimate of drug-likeness (QED) is 0.0304. The number of hydrogen-bond acceptors (Lipinski definition) is 33. The summed E-state index contributed by atoms with van der Waals surface area (Å²) in [6.07, 6.45) is -24.1. The topological polar surface area (TPSA) is 671 Å². The third-order valence-corrected chi connectivity index (χ3v) is 26.1. The fourth-order valence-electron chi connectivity index (χ4n) is 18.2. The number of phenols is 3. The van der Waals surface area contributed by atoms with Gasteiger partial charge in [0.2, 0.25) is 65.1 Å². The van der Waals surface area contributed by atoms with Crippen LogP contribution >= 0.6 is 23.2 Å². The van der Waals surface area contributed by atoms with Crippen molar-refractivity contribution in [2.75, 3.05) is 19.8 Å². The van der Waals surface area contributed by atoms with Crippen LogP contribution in [-0.4, -0.2) is 254 Å². The van der Waals surface area contributed by atoms with Gasteiger partial charge in [-0.15, -0.1) is 0 Å². The van der Waals surface area contributed by atoms with Crippen LogP contribution in [0.25, 0.3) is 11.1 Å². The number of hydrogen-bond donors (Lipinski definition) is 24. The van der Waals surface area contributed by atoms with Crippen molar-refractivity contribution in [3.63, 3.8) is 0 Å². The number of fused-ring (bicyclic) bond motifs is 11. The zero-order chi connectivity index (χ0) is 100. The number of aliphatic carboxylic acids is 1. The molecule has 9 heterocycles. The molecule has 7 aromatic rings. The van der Waals surface area contributed by atoms with Crippen LogP contribution < -0.4 is 72.5 Å². The Hall–Kier alpha value is -12.2. The lowest BCUT2D eigenvalue weighted by molar-refractivity contribution is -0.355. The highest BCUT2D eigenvalue weighted by molar-refractivity contribution is 6.32. The Bertz CT molecular complexity index is 5900. The van der Waals surface area contributed by atoms with Gasteiger partial charge in [0.05, 0.1) is 23.3 Å². The maximum absolute atomic E-state index is 17.2. The lowest BCUT2D eigenvalue weighted by atomic mass is 9.90. The molecule has 45 heteroatoms. The van der Waals surface area contributed by atoms with E-state index in [0.29, 0.717) is 31.6 Å². The molecule has 0 saturated carbocycles. The monoisotopic (exact) mass is 1990 g/mol. The van der Waals surface area contributed by atoms with Gasteiger partial charge in [0.25, 0.3) is 5.91 Å². The first-order chi connectivity index (χ1) is 66.7. The van der Waals surface area contributed by atoms with Gasteiger partial charge in [-0.1, -0.05) is 119 Å². The summed E-state index contributed by atoms with van der Waals surface area (Å²) in [5, 5.41) is 185. The molecule has 9 aliphatic heterocycles. The third-order valence-electron chi connectivity index (χ3n) is 25.5. The van der Waals surface area contributed by atoms with E-state index in [2.05, 4.69) is 61.7 Å². The van der Waals surface area contributed by atoms with Crippen LogP contribution in [-0.2, 0) is 83.8 Å². The number of benzene rings is 7. The number of carboxylic acid groups (broad SMARTS) is 1. The lowest BCUT2D eigenvalue weighted by Gasteiger charge is -2.44. The van der Waals surface area contributed by atoms with Crippen LogP contribution in [0.15, 0.2) is 115 Å². The van der Waals surface area contributed by atoms with Gasteiger partial charge >= 0.3 is 5.97 Å². The Morgan fingerprint density at radius 3 is 1.81 bits per heavy atom. The average Bonchev–Trinajstić information content (AvgIpc) is 1.55. The minimum absolute atomic E-state index is 0.0247. The number of aliphatic hydroxyl groups is 10. The fraction of sp³-hybridized carbons (Fsp3) is 0.453. The van der Waals surface area contributed by atoms with Crippen molar-refractivity contribution in [3.8, 4) is 68.6 Å². The van der Waals surface area contributed by atoms with Crippen LogP contribution in [0, 0.1) is 5.92 Å². The van der Waals surface area contributed by atoms with Gasteiger partial charge in [-0.3, -0.25) is 43.2 Å². The molecular formula is C95H108Cl2N10O33. The highest BCUT2D eigenvalue weighted by Crippen LogP contribution is 2.55. The number of rotatable bonds is 24. The summed E-state index contributed by atoms with van der Waals surface area (Å²) in [5.41, 5.74) is 2.33. The molecular weight excluding hydrogens is 1880 g/mol. The van der Waals surface area contributed by atoms with Gasteiger partial charge in [0.15, 0.2) is 47.7 Å². The van der Waals surface area contributed by atoms with Gasteiger partial charge in [0.1, 0.15) is 138 Å². The van der Waals surface area contributed by atoms with Gasteiger partial charge in [-0.2, -0.15) is 0 Å². The Kier molecular flexibility index (Phi) is 31.4. The first-order valence-corrected chi connectivity index (χ1v) is 46.3. The minimum atomic E-state index is -3.19. The number of nitrogens with one attached hydrogen (secondary N) is 9. The first-order valence-electron chi connectivity index (χ1n) is 45.5. The van der Waals surface area contributed by atoms with Crippen LogP contribution in [0.1, 0.15) is 178 Å². The summed E-state index contributed by atoms with van der Waals surface area (Å²) in [4.78, 5) is 154. The minimum Gasteiger partial charge on any atom is -0.508 e. The summed E-state index contributed by atoms with van der Waals surface area (Å²) in [6.45, 7) is 5.01. The van der Waals surface area contributed by atoms with Crippen molar-refractivity contribution in [1.82, 2.24) is 47.9 Å². The van der Waals surface area contributed by atoms with E-state index in [9.17, 15) is 95.5 Å². The molecule has 1 unspecified atom stereocenters. The standard InChI is InChI=1S/C95H108Cl2N10O33/c1-5-6-7-12-23-99-90(128)83-79(120)77(118)72(102-64(114)14-11-9-8-10-13-38(2)3)93(139-83)138-82-60-31-45-32-61(82)134-58-22-18-43(29-54(58)97)81(137-92-71(100-39(4)110)76(117)74(115)62(36-108)135-92)73-89(127)106-70(91(129)130)50-34-47(112)35-52-65(50)49-28-42(16-19-51(49)95(52,131)140-94-80(121)78(119)75(116)63(37-109)136-94)67(86(124)107-73)104-88(126)69(45)105-87(125)68-44-26-46(111)33-48(27-44)132-59-30-41(17-20-56(59)113)66(98)85(123)101-55(84(122)103-68)25-40-15-21-57(133-60)53(96)24-40/h15-22,24,26-35,38,55,62-63,66-81,83,92-94,108-109,111-113,115-121,131H,5-14,23,25,36-37,98H2,1-4H3,(H,99,128)(H,100,110)(H,101,123)(H,102,114)(H,103,122)(H,104,126)(H,105,125)(H,106,127)(H,107,124)(H,129,130)/t55-,62-,63-,66-,67-,68+,69-,70+,71-,72-,73+,74-,75-,76-,77-,78+,79+,80+,81-,83+,92+,93-,94-,95?/m1/s1. The molecule has 140 heavy (non-hydrogen) atoms. The van der Waals surface area contributed by atoms with Crippen LogP contribution in [0.5, 0.6) is 57.5 Å². The van der Waals surface area contributed by atoms with Crippen LogP contribution in [0.2, 0.25) is 10.0 Å². The Labute approximate surface area is 808 Å². The molecule has 1 aliphatic carbocycles. The number of unbranched alkanes of at least 4 members (excludes halogenated alkanes) is 6. The van der Waals surface area contributed by atoms with Crippen LogP contribution in [0.4, 0.5) is 0 Å². The Morgan fingerprint density at radius 2 is 1.14 bits per heavy atom. The number of ether oxygens (including phenoxy) is 9. The van der Waals surface area contributed by atoms with E-state index in [1.807, 2.05) is 6.92 Å². The molecule has 0 aromatic heterocycles. The van der Waals surface area contributed by atoms with Crippen molar-refractivity contribution >= 4 is 82.3 Å². The Morgan fingerprint density at radius 1 is 0.543 bits per heavy atom. The molecule has 0 radical (unpaired) electrons. The van der Waals surface area contributed by atoms with E-state index in [0.717, 1.165) is 124 Å². The molecule has 9 amide bonds. The number of carbonyl (C=O) groups is 10. The van der Waals surface area contributed by atoms with E-state index in [1.54, 1.807) is 0 Å². The number of aliphatic hydroxyl groups excluding tert-OH is 9. The molecule has 0 spiro atoms. The summed E-state index contributed by atoms with van der Waals surface area (Å²) < 4.78 is 58.2. The molecule has 750 valence electrons.